The Morgan fingerprint density at radius 3 is 2.21 bits per heavy atom. The Morgan fingerprint density at radius 1 is 1.36 bits per heavy atom. The zero-order valence-corrected chi connectivity index (χ0v) is 11.0. The van der Waals surface area contributed by atoms with Crippen LogP contribution in [-0.2, 0) is 9.53 Å². The van der Waals surface area contributed by atoms with Gasteiger partial charge in [0.2, 0.25) is 0 Å². The summed E-state index contributed by atoms with van der Waals surface area (Å²) >= 11 is 0. The lowest BCUT2D eigenvalue weighted by molar-refractivity contribution is -0.145. The van der Waals surface area contributed by atoms with Crippen LogP contribution in [0.2, 0.25) is 25.7 Å². The maximum absolute atomic E-state index is 11.3. The molecule has 0 radical (unpaired) electrons. The van der Waals surface area contributed by atoms with E-state index in [0.29, 0.717) is 6.61 Å². The molecule has 84 valence electrons. The summed E-state index contributed by atoms with van der Waals surface area (Å²) in [6, 6.07) is 0.528. The van der Waals surface area contributed by atoms with E-state index in [9.17, 15) is 4.79 Å². The summed E-state index contributed by atoms with van der Waals surface area (Å²) in [5, 5.41) is 0. The Hall–Kier alpha value is -0.353. The molecule has 0 heterocycles. The molecule has 0 aliphatic heterocycles. The molecule has 3 nitrogen and oxygen atoms in total. The molecule has 0 aromatic rings. The highest BCUT2D eigenvalue weighted by Crippen LogP contribution is 2.08. The number of carbonyl (C=O) groups excluding carboxylic acids is 1. The lowest BCUT2D eigenvalue weighted by Crippen LogP contribution is -2.37. The second-order valence-electron chi connectivity index (χ2n) is 5.25. The highest BCUT2D eigenvalue weighted by molar-refractivity contribution is 6.76. The van der Waals surface area contributed by atoms with Crippen molar-refractivity contribution >= 4 is 14.0 Å². The maximum atomic E-state index is 11.3. The summed E-state index contributed by atoms with van der Waals surface area (Å²) < 4.78 is 5.11. The van der Waals surface area contributed by atoms with E-state index in [2.05, 4.69) is 19.6 Å². The van der Waals surface area contributed by atoms with Crippen LogP contribution in [-0.4, -0.2) is 26.7 Å². The third-order valence-electron chi connectivity index (χ3n) is 2.09. The van der Waals surface area contributed by atoms with E-state index in [-0.39, 0.29) is 11.9 Å². The van der Waals surface area contributed by atoms with Gasteiger partial charge in [-0.25, -0.2) is 0 Å². The van der Waals surface area contributed by atoms with Gasteiger partial charge in [0.05, 0.1) is 6.61 Å². The number of nitrogens with two attached hydrogens (primary N) is 1. The molecule has 0 aliphatic carbocycles. The van der Waals surface area contributed by atoms with Gasteiger partial charge in [-0.1, -0.05) is 33.5 Å². The van der Waals surface area contributed by atoms with Gasteiger partial charge in [0.15, 0.2) is 0 Å². The average molecular weight is 217 g/mol. The third kappa shape index (κ3) is 6.15. The van der Waals surface area contributed by atoms with Gasteiger partial charge < -0.3 is 10.5 Å². The Kier molecular flexibility index (Phi) is 5.37. The van der Waals surface area contributed by atoms with E-state index in [1.54, 1.807) is 0 Å². The predicted molar refractivity (Wildman–Crippen MR) is 61.9 cm³/mol. The van der Waals surface area contributed by atoms with Gasteiger partial charge in [-0.2, -0.15) is 0 Å². The van der Waals surface area contributed by atoms with Crippen molar-refractivity contribution in [2.24, 2.45) is 11.7 Å². The molecule has 2 N–H and O–H groups in total. The molecule has 0 aromatic carbocycles. The van der Waals surface area contributed by atoms with Crippen molar-refractivity contribution in [3.8, 4) is 0 Å². The molecular weight excluding hydrogens is 194 g/mol. The number of esters is 1. The van der Waals surface area contributed by atoms with Gasteiger partial charge in [0, 0.05) is 8.07 Å². The fourth-order valence-corrected chi connectivity index (χ4v) is 1.54. The standard InChI is InChI=1S/C10H23NO2Si/c1-8(2)9(11)10(12)13-6-7-14(3,4)5/h8-9H,6-7,11H2,1-5H3. The van der Waals surface area contributed by atoms with Crippen molar-refractivity contribution in [3.05, 3.63) is 0 Å². The minimum atomic E-state index is -1.10. The second-order valence-corrected chi connectivity index (χ2v) is 10.9. The molecule has 0 aliphatic rings. The van der Waals surface area contributed by atoms with Crippen LogP contribution in [0.4, 0.5) is 0 Å². The SMILES string of the molecule is CC(C)C(N)C(=O)OCC[Si](C)(C)C. The van der Waals surface area contributed by atoms with Gasteiger partial charge >= 0.3 is 5.97 Å². The number of carbonyl (C=O) groups is 1. The van der Waals surface area contributed by atoms with Crippen LogP contribution >= 0.6 is 0 Å². The quantitative estimate of drug-likeness (QED) is 0.565. The molecule has 0 aromatic heterocycles. The largest absolute Gasteiger partial charge is 0.465 e. The van der Waals surface area contributed by atoms with E-state index in [1.807, 2.05) is 13.8 Å². The van der Waals surface area contributed by atoms with Gasteiger partial charge in [0.1, 0.15) is 6.04 Å². The summed E-state index contributed by atoms with van der Waals surface area (Å²) in [5.74, 6) is -0.118. The first-order valence-corrected chi connectivity index (χ1v) is 8.87. The molecule has 0 bridgehead atoms. The Labute approximate surface area is 88.0 Å². The minimum Gasteiger partial charge on any atom is -0.465 e. The first kappa shape index (κ1) is 13.6. The highest BCUT2D eigenvalue weighted by atomic mass is 28.3. The number of hydrogen-bond donors (Lipinski definition) is 1. The number of ether oxygens (including phenoxy) is 1. The molecule has 14 heavy (non-hydrogen) atoms. The van der Waals surface area contributed by atoms with Gasteiger partial charge in [-0.15, -0.1) is 0 Å². The van der Waals surface area contributed by atoms with Crippen LogP contribution in [0.3, 0.4) is 0 Å². The van der Waals surface area contributed by atoms with Crippen molar-refractivity contribution in [2.45, 2.75) is 45.6 Å². The van der Waals surface area contributed by atoms with Crippen molar-refractivity contribution in [3.63, 3.8) is 0 Å². The third-order valence-corrected chi connectivity index (χ3v) is 3.79. The Bertz CT molecular complexity index is 187. The van der Waals surface area contributed by atoms with Crippen LogP contribution in [0.25, 0.3) is 0 Å². The Balaban J connectivity index is 3.75. The fraction of sp³-hybridized carbons (Fsp3) is 0.900. The van der Waals surface area contributed by atoms with E-state index in [4.69, 9.17) is 10.5 Å². The normalized spacial score (nSPS) is 14.2. The lowest BCUT2D eigenvalue weighted by Gasteiger charge is -2.18. The second kappa shape index (κ2) is 5.51. The molecule has 1 atom stereocenters. The first-order chi connectivity index (χ1) is 6.24. The summed E-state index contributed by atoms with van der Waals surface area (Å²) in [7, 11) is -1.10. The molecule has 0 fully saturated rings. The predicted octanol–water partition coefficient (Wildman–Crippen LogP) is 1.85. The molecule has 1 unspecified atom stereocenters. The fourth-order valence-electron chi connectivity index (χ4n) is 0.826. The van der Waals surface area contributed by atoms with E-state index < -0.39 is 14.1 Å². The van der Waals surface area contributed by atoms with Crippen molar-refractivity contribution in [2.75, 3.05) is 6.61 Å². The first-order valence-electron chi connectivity index (χ1n) is 5.16. The van der Waals surface area contributed by atoms with E-state index >= 15 is 0 Å². The smallest absolute Gasteiger partial charge is 0.323 e. The number of rotatable bonds is 5. The average Bonchev–Trinajstić information content (AvgIpc) is 2.00. The van der Waals surface area contributed by atoms with Crippen LogP contribution in [0.1, 0.15) is 13.8 Å². The lowest BCUT2D eigenvalue weighted by atomic mass is 10.1. The van der Waals surface area contributed by atoms with Gasteiger partial charge in [0.25, 0.3) is 0 Å². The van der Waals surface area contributed by atoms with E-state index in [1.165, 1.54) is 0 Å². The van der Waals surface area contributed by atoms with Crippen LogP contribution < -0.4 is 5.73 Å². The maximum Gasteiger partial charge on any atom is 0.323 e. The van der Waals surface area contributed by atoms with Crippen molar-refractivity contribution < 1.29 is 9.53 Å². The van der Waals surface area contributed by atoms with Gasteiger partial charge in [-0.05, 0) is 12.0 Å². The zero-order valence-electron chi connectivity index (χ0n) is 9.96. The zero-order chi connectivity index (χ0) is 11.4. The highest BCUT2D eigenvalue weighted by Gasteiger charge is 2.20. The minimum absolute atomic E-state index is 0.148. The monoisotopic (exact) mass is 217 g/mol. The number of hydrogen-bond acceptors (Lipinski definition) is 3. The summed E-state index contributed by atoms with van der Waals surface area (Å²) in [5.41, 5.74) is 5.65. The summed E-state index contributed by atoms with van der Waals surface area (Å²) in [4.78, 5) is 11.3. The molecule has 0 saturated carbocycles. The molecule has 0 spiro atoms. The van der Waals surface area contributed by atoms with Crippen LogP contribution in [0.15, 0.2) is 0 Å². The van der Waals surface area contributed by atoms with Crippen molar-refractivity contribution in [1.29, 1.82) is 0 Å². The van der Waals surface area contributed by atoms with E-state index in [0.717, 1.165) is 6.04 Å². The molecular formula is C10H23NO2Si. The van der Waals surface area contributed by atoms with Crippen LogP contribution in [0, 0.1) is 5.92 Å². The molecule has 0 rings (SSSR count). The Morgan fingerprint density at radius 2 is 1.86 bits per heavy atom. The molecule has 0 saturated heterocycles. The van der Waals surface area contributed by atoms with Gasteiger partial charge in [-0.3, -0.25) is 4.79 Å². The summed E-state index contributed by atoms with van der Waals surface area (Å²) in [6.45, 7) is 11.1. The molecule has 0 amide bonds. The topological polar surface area (TPSA) is 52.3 Å². The van der Waals surface area contributed by atoms with Crippen LogP contribution in [0.5, 0.6) is 0 Å². The summed E-state index contributed by atoms with van der Waals surface area (Å²) in [6.07, 6.45) is 0. The van der Waals surface area contributed by atoms with Crippen molar-refractivity contribution in [1.82, 2.24) is 0 Å². The molecule has 4 heteroatoms.